The molecule has 10 heteroatoms. The summed E-state index contributed by atoms with van der Waals surface area (Å²) in [6.07, 6.45) is 7.92. The first-order chi connectivity index (χ1) is 22.9. The second-order valence-electron chi connectivity index (χ2n) is 12.0. The van der Waals surface area contributed by atoms with Crippen LogP contribution < -0.4 is 21.5 Å². The molecule has 0 radical (unpaired) electrons. The third-order valence-corrected chi connectivity index (χ3v) is 9.61. The maximum Gasteiger partial charge on any atom is 0.262 e. The number of nitrogens with zero attached hydrogens (tertiary/aromatic N) is 2. The Labute approximate surface area is 279 Å². The van der Waals surface area contributed by atoms with Gasteiger partial charge in [-0.25, -0.2) is 4.98 Å². The molecule has 0 saturated heterocycles. The lowest BCUT2D eigenvalue weighted by molar-refractivity contribution is -0.128. The molecule has 0 bridgehead atoms. The summed E-state index contributed by atoms with van der Waals surface area (Å²) in [4.78, 5) is 59.2. The standard InChI is InChI=1S/C37H43N5O4S/c1-2-3-13-22-42-36(46)30-21-20-28(33(43)40-29-18-11-6-12-19-29)23-31(30)41-37(42)47-32(34(44)38-24-26-14-7-4-8-15-26)35(45)39-25-27-16-9-5-10-17-27/h4-5,7-10,14-17,20-21,23,29,32H,2-3,6,11-13,18-19,22,24-25H2,1H3,(H,38,44)(H,39,45)(H,40,43). The van der Waals surface area contributed by atoms with Gasteiger partial charge in [-0.1, -0.05) is 111 Å². The predicted octanol–water partition coefficient (Wildman–Crippen LogP) is 5.74. The number of rotatable bonds is 14. The number of aromatic nitrogens is 2. The van der Waals surface area contributed by atoms with Gasteiger partial charge in [0.05, 0.1) is 10.9 Å². The number of carbonyl (C=O) groups is 3. The van der Waals surface area contributed by atoms with E-state index in [9.17, 15) is 19.2 Å². The minimum absolute atomic E-state index is 0.141. The van der Waals surface area contributed by atoms with E-state index < -0.39 is 17.1 Å². The van der Waals surface area contributed by atoms with Gasteiger partial charge in [-0.05, 0) is 48.6 Å². The Kier molecular flexibility index (Phi) is 12.2. The maximum absolute atomic E-state index is 13.9. The zero-order valence-corrected chi connectivity index (χ0v) is 27.7. The topological polar surface area (TPSA) is 122 Å². The number of amides is 3. The summed E-state index contributed by atoms with van der Waals surface area (Å²) in [6.45, 7) is 2.97. The number of carbonyl (C=O) groups excluding carboxylic acids is 3. The molecule has 0 unspecified atom stereocenters. The fourth-order valence-corrected chi connectivity index (χ4v) is 6.80. The molecule has 3 amide bonds. The van der Waals surface area contributed by atoms with Gasteiger partial charge in [-0.3, -0.25) is 23.7 Å². The Morgan fingerprint density at radius 3 is 2.06 bits per heavy atom. The quantitative estimate of drug-likeness (QED) is 0.0691. The van der Waals surface area contributed by atoms with Crippen LogP contribution in [0.1, 0.15) is 79.8 Å². The summed E-state index contributed by atoms with van der Waals surface area (Å²) in [6, 6.07) is 24.0. The van der Waals surface area contributed by atoms with Crippen LogP contribution in [0.3, 0.4) is 0 Å². The van der Waals surface area contributed by atoms with E-state index in [2.05, 4.69) is 22.9 Å². The molecule has 1 heterocycles. The number of benzene rings is 3. The highest BCUT2D eigenvalue weighted by Crippen LogP contribution is 2.25. The Bertz CT molecular complexity index is 1670. The number of hydrogen-bond donors (Lipinski definition) is 3. The van der Waals surface area contributed by atoms with Gasteiger partial charge < -0.3 is 16.0 Å². The Balaban J connectivity index is 1.46. The molecule has 5 rings (SSSR count). The smallest absolute Gasteiger partial charge is 0.262 e. The fraction of sp³-hybridized carbons (Fsp3) is 0.378. The van der Waals surface area contributed by atoms with E-state index in [1.807, 2.05) is 60.7 Å². The summed E-state index contributed by atoms with van der Waals surface area (Å²) >= 11 is 0.959. The third kappa shape index (κ3) is 9.32. The highest BCUT2D eigenvalue weighted by atomic mass is 32.2. The van der Waals surface area contributed by atoms with Gasteiger partial charge in [0.15, 0.2) is 10.4 Å². The first-order valence-corrected chi connectivity index (χ1v) is 17.5. The van der Waals surface area contributed by atoms with Crippen LogP contribution in [0.25, 0.3) is 10.9 Å². The zero-order chi connectivity index (χ0) is 33.0. The molecule has 1 aliphatic carbocycles. The monoisotopic (exact) mass is 653 g/mol. The first kappa shape index (κ1) is 33.9. The van der Waals surface area contributed by atoms with Crippen molar-refractivity contribution in [3.8, 4) is 0 Å². The second-order valence-corrected chi connectivity index (χ2v) is 13.1. The molecule has 4 aromatic rings. The predicted molar refractivity (Wildman–Crippen MR) is 186 cm³/mol. The molecule has 3 aromatic carbocycles. The molecular formula is C37H43N5O4S. The lowest BCUT2D eigenvalue weighted by atomic mass is 9.95. The van der Waals surface area contributed by atoms with Crippen molar-refractivity contribution in [3.63, 3.8) is 0 Å². The van der Waals surface area contributed by atoms with Crippen LogP contribution >= 0.6 is 11.8 Å². The number of hydrogen-bond acceptors (Lipinski definition) is 6. The van der Waals surface area contributed by atoms with Crippen LogP contribution in [-0.2, 0) is 29.2 Å². The first-order valence-electron chi connectivity index (χ1n) is 16.6. The Hall–Kier alpha value is -4.44. The average molecular weight is 654 g/mol. The van der Waals surface area contributed by atoms with Gasteiger partial charge in [0, 0.05) is 31.2 Å². The van der Waals surface area contributed by atoms with Gasteiger partial charge in [0.2, 0.25) is 11.8 Å². The van der Waals surface area contributed by atoms with E-state index in [1.165, 1.54) is 6.42 Å². The fourth-order valence-electron chi connectivity index (χ4n) is 5.75. The van der Waals surface area contributed by atoms with Crippen molar-refractivity contribution < 1.29 is 14.4 Å². The van der Waals surface area contributed by atoms with Gasteiger partial charge >= 0.3 is 0 Å². The van der Waals surface area contributed by atoms with Crippen LogP contribution in [-0.4, -0.2) is 38.6 Å². The van der Waals surface area contributed by atoms with Crippen molar-refractivity contribution >= 4 is 40.4 Å². The van der Waals surface area contributed by atoms with Gasteiger partial charge in [0.25, 0.3) is 11.5 Å². The molecule has 1 aromatic heterocycles. The summed E-state index contributed by atoms with van der Waals surface area (Å²) in [5, 5.41) is 8.35. The van der Waals surface area contributed by atoms with Crippen molar-refractivity contribution in [3.05, 3.63) is 106 Å². The highest BCUT2D eigenvalue weighted by molar-refractivity contribution is 8.01. The van der Waals surface area contributed by atoms with E-state index >= 15 is 0 Å². The van der Waals surface area contributed by atoms with E-state index in [0.29, 0.717) is 23.0 Å². The molecule has 1 saturated carbocycles. The molecular weight excluding hydrogens is 611 g/mol. The number of fused-ring (bicyclic) bond motifs is 1. The summed E-state index contributed by atoms with van der Waals surface area (Å²) in [5.74, 6) is -1.17. The van der Waals surface area contributed by atoms with Crippen LogP contribution in [0.4, 0.5) is 0 Å². The van der Waals surface area contributed by atoms with Crippen LogP contribution in [0.5, 0.6) is 0 Å². The number of nitrogens with one attached hydrogen (secondary N) is 3. The summed E-state index contributed by atoms with van der Waals surface area (Å²) < 4.78 is 1.56. The minimum atomic E-state index is -1.22. The minimum Gasteiger partial charge on any atom is -0.351 e. The van der Waals surface area contributed by atoms with Gasteiger partial charge in [-0.2, -0.15) is 0 Å². The molecule has 47 heavy (non-hydrogen) atoms. The summed E-state index contributed by atoms with van der Waals surface area (Å²) in [5.41, 5.74) is 2.31. The van der Waals surface area contributed by atoms with Crippen LogP contribution in [0, 0.1) is 0 Å². The molecule has 1 fully saturated rings. The molecule has 246 valence electrons. The molecule has 0 aliphatic heterocycles. The highest BCUT2D eigenvalue weighted by Gasteiger charge is 2.30. The maximum atomic E-state index is 13.9. The second kappa shape index (κ2) is 16.9. The van der Waals surface area contributed by atoms with Crippen LogP contribution in [0.15, 0.2) is 88.8 Å². The zero-order valence-electron chi connectivity index (χ0n) is 26.9. The average Bonchev–Trinajstić information content (AvgIpc) is 3.10. The van der Waals surface area contributed by atoms with E-state index in [0.717, 1.165) is 67.8 Å². The SMILES string of the molecule is CCCCCn1c(SC(C(=O)NCc2ccccc2)C(=O)NCc2ccccc2)nc2cc(C(=O)NC3CCCCC3)ccc2c1=O. The van der Waals surface area contributed by atoms with Gasteiger partial charge in [0.1, 0.15) is 0 Å². The number of thioether (sulfide) groups is 1. The van der Waals surface area contributed by atoms with Crippen molar-refractivity contribution in [2.75, 3.05) is 0 Å². The Morgan fingerprint density at radius 1 is 0.851 bits per heavy atom. The van der Waals surface area contributed by atoms with E-state index in [4.69, 9.17) is 4.98 Å². The molecule has 1 aliphatic rings. The normalized spacial score (nSPS) is 13.4. The lowest BCUT2D eigenvalue weighted by Crippen LogP contribution is -2.43. The van der Waals surface area contributed by atoms with Crippen molar-refractivity contribution in [1.29, 1.82) is 0 Å². The third-order valence-electron chi connectivity index (χ3n) is 8.43. The Morgan fingerprint density at radius 2 is 1.47 bits per heavy atom. The molecule has 0 atom stereocenters. The molecule has 9 nitrogen and oxygen atoms in total. The van der Waals surface area contributed by atoms with Crippen molar-refractivity contribution in [2.45, 2.75) is 94.4 Å². The van der Waals surface area contributed by atoms with Crippen molar-refractivity contribution in [2.24, 2.45) is 0 Å². The van der Waals surface area contributed by atoms with Crippen LogP contribution in [0.2, 0.25) is 0 Å². The lowest BCUT2D eigenvalue weighted by Gasteiger charge is -2.22. The van der Waals surface area contributed by atoms with Crippen molar-refractivity contribution in [1.82, 2.24) is 25.5 Å². The van der Waals surface area contributed by atoms with E-state index in [-0.39, 0.29) is 35.8 Å². The largest absolute Gasteiger partial charge is 0.351 e. The summed E-state index contributed by atoms with van der Waals surface area (Å²) in [7, 11) is 0. The van der Waals surface area contributed by atoms with Gasteiger partial charge in [-0.15, -0.1) is 0 Å². The molecule has 3 N–H and O–H groups in total. The molecule has 0 spiro atoms. The van der Waals surface area contributed by atoms with E-state index in [1.54, 1.807) is 22.8 Å². The number of unbranched alkanes of at least 4 members (excludes halogenated alkanes) is 2.